The molecule has 0 saturated carbocycles. The molecule has 2 N–H and O–H groups in total. The van der Waals surface area contributed by atoms with Crippen LogP contribution in [0.3, 0.4) is 0 Å². The molecule has 2 heterocycles. The molecule has 0 unspecified atom stereocenters. The van der Waals surface area contributed by atoms with Crippen LogP contribution in [0.2, 0.25) is 5.15 Å². The average Bonchev–Trinajstić information content (AvgIpc) is 2.46. The van der Waals surface area contributed by atoms with Crippen LogP contribution in [0.25, 0.3) is 0 Å². The van der Waals surface area contributed by atoms with Gasteiger partial charge in [0.25, 0.3) is 5.56 Å². The van der Waals surface area contributed by atoms with E-state index in [0.717, 1.165) is 4.68 Å². The standard InChI is InChI=1S/C14H15ClN4O4/c1-14(2,13(21)22)23-8-4-5-11(16-7-8)17-9-6-10(15)18-19(3)12(9)20/h4-7H,1-3H3,(H,16,17)(H,21,22). The van der Waals surface area contributed by atoms with E-state index >= 15 is 0 Å². The van der Waals surface area contributed by atoms with Gasteiger partial charge in [-0.15, -0.1) is 0 Å². The fraction of sp³-hybridized carbons (Fsp3) is 0.286. The predicted octanol–water partition coefficient (Wildman–Crippen LogP) is 1.81. The highest BCUT2D eigenvalue weighted by Gasteiger charge is 2.29. The van der Waals surface area contributed by atoms with Crippen molar-refractivity contribution in [1.82, 2.24) is 14.8 Å². The van der Waals surface area contributed by atoms with Crippen LogP contribution < -0.4 is 15.6 Å². The van der Waals surface area contributed by atoms with E-state index in [2.05, 4.69) is 15.4 Å². The Labute approximate surface area is 136 Å². The zero-order valence-electron chi connectivity index (χ0n) is 12.7. The van der Waals surface area contributed by atoms with Crippen molar-refractivity contribution in [3.05, 3.63) is 39.9 Å². The van der Waals surface area contributed by atoms with Gasteiger partial charge in [-0.05, 0) is 26.0 Å². The average molecular weight is 339 g/mol. The van der Waals surface area contributed by atoms with Gasteiger partial charge < -0.3 is 15.2 Å². The van der Waals surface area contributed by atoms with Crippen LogP contribution in [0.15, 0.2) is 29.2 Å². The summed E-state index contributed by atoms with van der Waals surface area (Å²) in [4.78, 5) is 27.0. The van der Waals surface area contributed by atoms with Crippen LogP contribution in [0.4, 0.5) is 11.5 Å². The summed E-state index contributed by atoms with van der Waals surface area (Å²) in [6, 6.07) is 4.50. The van der Waals surface area contributed by atoms with E-state index in [1.54, 1.807) is 12.1 Å². The summed E-state index contributed by atoms with van der Waals surface area (Å²) in [6.07, 6.45) is 1.36. The maximum absolute atomic E-state index is 11.9. The van der Waals surface area contributed by atoms with Crippen molar-refractivity contribution in [2.45, 2.75) is 19.4 Å². The molecule has 0 saturated heterocycles. The highest BCUT2D eigenvalue weighted by atomic mass is 35.5. The Morgan fingerprint density at radius 1 is 1.43 bits per heavy atom. The number of hydrogen-bond donors (Lipinski definition) is 2. The van der Waals surface area contributed by atoms with E-state index in [4.69, 9.17) is 21.4 Å². The maximum atomic E-state index is 11.9. The number of pyridine rings is 1. The Morgan fingerprint density at radius 3 is 2.70 bits per heavy atom. The third kappa shape index (κ3) is 3.98. The molecule has 0 aliphatic heterocycles. The third-order valence-corrected chi connectivity index (χ3v) is 3.11. The first-order valence-corrected chi connectivity index (χ1v) is 6.96. The molecule has 0 atom stereocenters. The van der Waals surface area contributed by atoms with Gasteiger partial charge in [-0.3, -0.25) is 4.79 Å². The number of anilines is 2. The molecule has 0 bridgehead atoms. The molecule has 0 aromatic carbocycles. The summed E-state index contributed by atoms with van der Waals surface area (Å²) in [5, 5.41) is 15.8. The Hall–Kier alpha value is -2.61. The molecule has 9 heteroatoms. The summed E-state index contributed by atoms with van der Waals surface area (Å²) in [5.74, 6) is -0.414. The number of aryl methyl sites for hydroxylation is 1. The highest BCUT2D eigenvalue weighted by Crippen LogP contribution is 2.20. The van der Waals surface area contributed by atoms with E-state index in [1.165, 1.54) is 33.2 Å². The molecular formula is C14H15ClN4O4. The van der Waals surface area contributed by atoms with E-state index in [1.807, 2.05) is 0 Å². The topological polar surface area (TPSA) is 106 Å². The van der Waals surface area contributed by atoms with Gasteiger partial charge in [-0.2, -0.15) is 5.10 Å². The van der Waals surface area contributed by atoms with E-state index < -0.39 is 11.6 Å². The minimum Gasteiger partial charge on any atom is -0.478 e. The number of hydrogen-bond acceptors (Lipinski definition) is 6. The molecule has 2 rings (SSSR count). The summed E-state index contributed by atoms with van der Waals surface area (Å²) in [5.41, 5.74) is -1.51. The van der Waals surface area contributed by atoms with Gasteiger partial charge in [0.2, 0.25) is 0 Å². The number of ether oxygens (including phenoxy) is 1. The predicted molar refractivity (Wildman–Crippen MR) is 84.4 cm³/mol. The number of halogens is 1. The number of aliphatic carboxylic acids is 1. The van der Waals surface area contributed by atoms with E-state index in [-0.39, 0.29) is 16.4 Å². The van der Waals surface area contributed by atoms with Crippen molar-refractivity contribution in [3.8, 4) is 5.75 Å². The molecule has 0 aliphatic rings. The number of carboxylic acid groups (broad SMARTS) is 1. The zero-order chi connectivity index (χ0) is 17.2. The second kappa shape index (κ2) is 6.25. The minimum atomic E-state index is -1.37. The summed E-state index contributed by atoms with van der Waals surface area (Å²) >= 11 is 5.81. The second-order valence-corrected chi connectivity index (χ2v) is 5.62. The lowest BCUT2D eigenvalue weighted by molar-refractivity contribution is -0.152. The Bertz CT molecular complexity index is 786. The molecule has 23 heavy (non-hydrogen) atoms. The number of carbonyl (C=O) groups is 1. The molecule has 0 fully saturated rings. The number of carboxylic acids is 1. The molecule has 0 aliphatic carbocycles. The number of rotatable bonds is 5. The molecule has 8 nitrogen and oxygen atoms in total. The highest BCUT2D eigenvalue weighted by molar-refractivity contribution is 6.29. The molecule has 2 aromatic rings. The molecule has 0 radical (unpaired) electrons. The first-order valence-electron chi connectivity index (χ1n) is 6.58. The van der Waals surface area contributed by atoms with Crippen molar-refractivity contribution >= 4 is 29.1 Å². The SMILES string of the molecule is Cn1nc(Cl)cc(Nc2ccc(OC(C)(C)C(=O)O)cn2)c1=O. The molecule has 0 amide bonds. The largest absolute Gasteiger partial charge is 0.478 e. The monoisotopic (exact) mass is 338 g/mol. The quantitative estimate of drug-likeness (QED) is 0.856. The van der Waals surface area contributed by atoms with Crippen molar-refractivity contribution in [1.29, 1.82) is 0 Å². The van der Waals surface area contributed by atoms with Crippen molar-refractivity contribution in [2.75, 3.05) is 5.32 Å². The first kappa shape index (κ1) is 16.8. The van der Waals surface area contributed by atoms with Crippen LogP contribution in [-0.2, 0) is 11.8 Å². The molecule has 2 aromatic heterocycles. The lowest BCUT2D eigenvalue weighted by Crippen LogP contribution is -2.37. The fourth-order valence-corrected chi connectivity index (χ4v) is 1.88. The normalized spacial score (nSPS) is 11.1. The Morgan fingerprint density at radius 2 is 2.13 bits per heavy atom. The number of aromatic nitrogens is 3. The van der Waals surface area contributed by atoms with Crippen molar-refractivity contribution in [3.63, 3.8) is 0 Å². The van der Waals surface area contributed by atoms with Crippen molar-refractivity contribution in [2.24, 2.45) is 7.05 Å². The van der Waals surface area contributed by atoms with E-state index in [9.17, 15) is 9.59 Å². The van der Waals surface area contributed by atoms with Crippen LogP contribution in [0.1, 0.15) is 13.8 Å². The second-order valence-electron chi connectivity index (χ2n) is 5.23. The lowest BCUT2D eigenvalue weighted by Gasteiger charge is -2.21. The lowest BCUT2D eigenvalue weighted by atomic mass is 10.1. The molecule has 122 valence electrons. The first-order chi connectivity index (χ1) is 10.7. The van der Waals surface area contributed by atoms with Gasteiger partial charge in [0, 0.05) is 13.1 Å². The Balaban J connectivity index is 2.18. The summed E-state index contributed by atoms with van der Waals surface area (Å²) in [7, 11) is 1.48. The Kier molecular flexibility index (Phi) is 4.55. The van der Waals surface area contributed by atoms with Crippen LogP contribution in [0, 0.1) is 0 Å². The fourth-order valence-electron chi connectivity index (χ4n) is 1.65. The zero-order valence-corrected chi connectivity index (χ0v) is 13.5. The van der Waals surface area contributed by atoms with Crippen LogP contribution in [0.5, 0.6) is 5.75 Å². The van der Waals surface area contributed by atoms with Gasteiger partial charge in [-0.1, -0.05) is 11.6 Å². The van der Waals surface area contributed by atoms with Gasteiger partial charge in [0.05, 0.1) is 6.20 Å². The summed E-state index contributed by atoms with van der Waals surface area (Å²) < 4.78 is 6.45. The summed E-state index contributed by atoms with van der Waals surface area (Å²) in [6.45, 7) is 2.87. The van der Waals surface area contributed by atoms with Gasteiger partial charge in [0.15, 0.2) is 10.8 Å². The third-order valence-electron chi connectivity index (χ3n) is 2.92. The molecular weight excluding hydrogens is 324 g/mol. The van der Waals surface area contributed by atoms with Crippen LogP contribution >= 0.6 is 11.6 Å². The van der Waals surface area contributed by atoms with Crippen LogP contribution in [-0.4, -0.2) is 31.4 Å². The van der Waals surface area contributed by atoms with Gasteiger partial charge >= 0.3 is 5.97 Å². The van der Waals surface area contributed by atoms with Crippen molar-refractivity contribution < 1.29 is 14.6 Å². The smallest absolute Gasteiger partial charge is 0.347 e. The van der Waals surface area contributed by atoms with Gasteiger partial charge in [-0.25, -0.2) is 14.5 Å². The number of nitrogens with zero attached hydrogens (tertiary/aromatic N) is 3. The number of nitrogens with one attached hydrogen (secondary N) is 1. The maximum Gasteiger partial charge on any atom is 0.347 e. The van der Waals surface area contributed by atoms with E-state index in [0.29, 0.717) is 11.6 Å². The minimum absolute atomic E-state index is 0.165. The van der Waals surface area contributed by atoms with Gasteiger partial charge in [0.1, 0.15) is 17.3 Å². The molecule has 0 spiro atoms.